The fourth-order valence-electron chi connectivity index (χ4n) is 4.05. The minimum Gasteiger partial charge on any atom is -0.358 e. The minimum atomic E-state index is 1.19. The summed E-state index contributed by atoms with van der Waals surface area (Å²) in [6, 6.07) is 23.9. The molecule has 26 heavy (non-hydrogen) atoms. The maximum Gasteiger partial charge on any atom is 0.0548 e. The summed E-state index contributed by atoms with van der Waals surface area (Å²) in [6.45, 7) is 4.21. The third kappa shape index (κ3) is 2.05. The monoisotopic (exact) mass is 336 g/mol. The molecule has 0 unspecified atom stereocenters. The van der Waals surface area contributed by atoms with E-state index in [1.54, 1.807) is 0 Å². The first-order valence-corrected chi connectivity index (χ1v) is 9.01. The maximum atomic E-state index is 3.56. The van der Waals surface area contributed by atoms with Crippen molar-refractivity contribution in [2.45, 2.75) is 13.8 Å². The SMILES string of the molecule is C/C=C\c1c(C)[nH]c2cc3c4ccccc4n(-c4ccccc4)c3cc12. The van der Waals surface area contributed by atoms with Crippen LogP contribution in [0.3, 0.4) is 0 Å². The topological polar surface area (TPSA) is 20.7 Å². The molecule has 1 N–H and O–H groups in total. The van der Waals surface area contributed by atoms with Crippen molar-refractivity contribution in [1.82, 2.24) is 9.55 Å². The van der Waals surface area contributed by atoms with Crippen LogP contribution in [0.5, 0.6) is 0 Å². The summed E-state index contributed by atoms with van der Waals surface area (Å²) >= 11 is 0. The molecule has 0 saturated carbocycles. The van der Waals surface area contributed by atoms with Gasteiger partial charge in [-0.15, -0.1) is 0 Å². The first-order chi connectivity index (χ1) is 12.8. The second-order valence-electron chi connectivity index (χ2n) is 6.77. The number of benzene rings is 3. The predicted octanol–water partition coefficient (Wildman–Crippen LogP) is 6.61. The number of para-hydroxylation sites is 2. The van der Waals surface area contributed by atoms with E-state index in [4.69, 9.17) is 0 Å². The van der Waals surface area contributed by atoms with Crippen molar-refractivity contribution in [3.05, 3.63) is 84.1 Å². The Labute approximate surface area is 152 Å². The van der Waals surface area contributed by atoms with Crippen LogP contribution >= 0.6 is 0 Å². The molecule has 0 aliphatic rings. The first-order valence-electron chi connectivity index (χ1n) is 9.01. The van der Waals surface area contributed by atoms with E-state index < -0.39 is 0 Å². The fraction of sp³-hybridized carbons (Fsp3) is 0.0833. The molecule has 0 radical (unpaired) electrons. The van der Waals surface area contributed by atoms with Crippen molar-refractivity contribution >= 4 is 38.8 Å². The first kappa shape index (κ1) is 15.0. The quantitative estimate of drug-likeness (QED) is 0.374. The molecule has 3 aromatic carbocycles. The Morgan fingerprint density at radius 3 is 2.38 bits per heavy atom. The average molecular weight is 336 g/mol. The number of aryl methyl sites for hydroxylation is 1. The Hall–Kier alpha value is -3.26. The number of aromatic amines is 1. The third-order valence-corrected chi connectivity index (χ3v) is 5.18. The fourth-order valence-corrected chi connectivity index (χ4v) is 4.05. The summed E-state index contributed by atoms with van der Waals surface area (Å²) < 4.78 is 2.37. The summed E-state index contributed by atoms with van der Waals surface area (Å²) in [4.78, 5) is 3.56. The zero-order chi connectivity index (χ0) is 17.7. The van der Waals surface area contributed by atoms with Gasteiger partial charge >= 0.3 is 0 Å². The van der Waals surface area contributed by atoms with Gasteiger partial charge in [0.2, 0.25) is 0 Å². The van der Waals surface area contributed by atoms with Crippen LogP contribution in [0, 0.1) is 6.92 Å². The number of aromatic nitrogens is 2. The summed E-state index contributed by atoms with van der Waals surface area (Å²) in [5.74, 6) is 0. The van der Waals surface area contributed by atoms with Gasteiger partial charge in [0.05, 0.1) is 11.0 Å². The van der Waals surface area contributed by atoms with Gasteiger partial charge in [0.1, 0.15) is 0 Å². The molecular formula is C24H20N2. The molecule has 0 aliphatic carbocycles. The van der Waals surface area contributed by atoms with Crippen LogP contribution < -0.4 is 0 Å². The number of nitrogens with one attached hydrogen (secondary N) is 1. The summed E-state index contributed by atoms with van der Waals surface area (Å²) in [5.41, 5.74) is 7.35. The zero-order valence-electron chi connectivity index (χ0n) is 15.0. The molecule has 2 heteroatoms. The molecule has 0 spiro atoms. The van der Waals surface area contributed by atoms with E-state index in [0.29, 0.717) is 0 Å². The van der Waals surface area contributed by atoms with Gasteiger partial charge < -0.3 is 9.55 Å². The van der Waals surface area contributed by atoms with Gasteiger partial charge in [0, 0.05) is 38.6 Å². The van der Waals surface area contributed by atoms with Gasteiger partial charge in [-0.2, -0.15) is 0 Å². The zero-order valence-corrected chi connectivity index (χ0v) is 15.0. The number of H-pyrrole nitrogens is 1. The van der Waals surface area contributed by atoms with Crippen LogP contribution in [0.1, 0.15) is 18.2 Å². The van der Waals surface area contributed by atoms with Crippen molar-refractivity contribution < 1.29 is 0 Å². The van der Waals surface area contributed by atoms with E-state index >= 15 is 0 Å². The van der Waals surface area contributed by atoms with Gasteiger partial charge in [-0.1, -0.05) is 48.6 Å². The van der Waals surface area contributed by atoms with Gasteiger partial charge in [0.25, 0.3) is 0 Å². The van der Waals surface area contributed by atoms with E-state index in [2.05, 4.69) is 102 Å². The highest BCUT2D eigenvalue weighted by atomic mass is 15.0. The molecule has 0 amide bonds. The number of hydrogen-bond acceptors (Lipinski definition) is 0. The highest BCUT2D eigenvalue weighted by Gasteiger charge is 2.15. The van der Waals surface area contributed by atoms with E-state index in [-0.39, 0.29) is 0 Å². The molecule has 2 nitrogen and oxygen atoms in total. The molecule has 0 atom stereocenters. The molecule has 0 fully saturated rings. The second kappa shape index (κ2) is 5.63. The van der Waals surface area contributed by atoms with Crippen molar-refractivity contribution in [3.63, 3.8) is 0 Å². The predicted molar refractivity (Wildman–Crippen MR) is 112 cm³/mol. The molecule has 0 aliphatic heterocycles. The highest BCUT2D eigenvalue weighted by molar-refractivity contribution is 6.14. The number of hydrogen-bond donors (Lipinski definition) is 1. The van der Waals surface area contributed by atoms with Crippen LogP contribution in [0.4, 0.5) is 0 Å². The average Bonchev–Trinajstić information content (AvgIpc) is 3.15. The van der Waals surface area contributed by atoms with E-state index in [0.717, 1.165) is 0 Å². The summed E-state index contributed by atoms with van der Waals surface area (Å²) in [7, 11) is 0. The van der Waals surface area contributed by atoms with Gasteiger partial charge in [0.15, 0.2) is 0 Å². The largest absolute Gasteiger partial charge is 0.358 e. The number of nitrogens with zero attached hydrogens (tertiary/aromatic N) is 1. The standard InChI is InChI=1S/C24H20N2/c1-3-9-18-16(2)25-22-14-21-19-12-7-8-13-23(19)26(24(21)15-20(18)22)17-10-5-4-6-11-17/h3-15,25H,1-2H3/b9-3-. The summed E-state index contributed by atoms with van der Waals surface area (Å²) in [6.07, 6.45) is 4.29. The molecule has 0 saturated heterocycles. The van der Waals surface area contributed by atoms with Crippen LogP contribution in [-0.2, 0) is 0 Å². The molecule has 126 valence electrons. The Balaban J connectivity index is 1.99. The molecule has 0 bridgehead atoms. The normalized spacial score (nSPS) is 12.1. The Kier molecular flexibility index (Phi) is 3.26. The molecule has 5 rings (SSSR count). The van der Waals surface area contributed by atoms with Crippen LogP contribution in [0.25, 0.3) is 44.5 Å². The number of rotatable bonds is 2. The minimum absolute atomic E-state index is 1.19. The Morgan fingerprint density at radius 1 is 0.808 bits per heavy atom. The van der Waals surface area contributed by atoms with Gasteiger partial charge in [-0.25, -0.2) is 0 Å². The summed E-state index contributed by atoms with van der Waals surface area (Å²) in [5, 5.41) is 3.84. The molecule has 2 heterocycles. The van der Waals surface area contributed by atoms with Gasteiger partial charge in [-0.05, 0) is 44.2 Å². The molecule has 5 aromatic rings. The molecule has 2 aromatic heterocycles. The molecular weight excluding hydrogens is 316 g/mol. The highest BCUT2D eigenvalue weighted by Crippen LogP contribution is 2.36. The lowest BCUT2D eigenvalue weighted by molar-refractivity contribution is 1.18. The van der Waals surface area contributed by atoms with Crippen LogP contribution in [0.15, 0.2) is 72.8 Å². The lowest BCUT2D eigenvalue weighted by Gasteiger charge is -2.07. The van der Waals surface area contributed by atoms with E-state index in [9.17, 15) is 0 Å². The second-order valence-corrected chi connectivity index (χ2v) is 6.77. The van der Waals surface area contributed by atoms with Gasteiger partial charge in [-0.3, -0.25) is 0 Å². The number of fused-ring (bicyclic) bond motifs is 4. The van der Waals surface area contributed by atoms with Crippen molar-refractivity contribution in [2.75, 3.05) is 0 Å². The third-order valence-electron chi connectivity index (χ3n) is 5.18. The smallest absolute Gasteiger partial charge is 0.0548 e. The lowest BCUT2D eigenvalue weighted by atomic mass is 10.1. The van der Waals surface area contributed by atoms with Crippen molar-refractivity contribution in [3.8, 4) is 5.69 Å². The van der Waals surface area contributed by atoms with Crippen molar-refractivity contribution in [2.24, 2.45) is 0 Å². The Morgan fingerprint density at radius 2 is 1.58 bits per heavy atom. The number of allylic oxidation sites excluding steroid dienone is 1. The lowest BCUT2D eigenvalue weighted by Crippen LogP contribution is -1.92. The van der Waals surface area contributed by atoms with Crippen LogP contribution in [0.2, 0.25) is 0 Å². The Bertz CT molecular complexity index is 1280. The van der Waals surface area contributed by atoms with Crippen LogP contribution in [-0.4, -0.2) is 9.55 Å². The van der Waals surface area contributed by atoms with E-state index in [1.165, 1.54) is 49.7 Å². The van der Waals surface area contributed by atoms with E-state index in [1.807, 2.05) is 0 Å². The van der Waals surface area contributed by atoms with Crippen molar-refractivity contribution in [1.29, 1.82) is 0 Å². The maximum absolute atomic E-state index is 3.56.